The van der Waals surface area contributed by atoms with Crippen molar-refractivity contribution in [3.05, 3.63) is 89.0 Å². The minimum atomic E-state index is -4.42. The first kappa shape index (κ1) is 24.5. The quantitative estimate of drug-likeness (QED) is 0.459. The summed E-state index contributed by atoms with van der Waals surface area (Å²) >= 11 is 0. The second kappa shape index (κ2) is 10.6. The molecule has 3 rings (SSSR count). The predicted molar refractivity (Wildman–Crippen MR) is 116 cm³/mol. The van der Waals surface area contributed by atoms with E-state index in [1.54, 1.807) is 18.2 Å². The van der Waals surface area contributed by atoms with Gasteiger partial charge in [-0.05, 0) is 59.7 Å². The summed E-state index contributed by atoms with van der Waals surface area (Å²) < 4.78 is 54.8. The number of rotatable bonds is 9. The number of carboxylic acids is 1. The van der Waals surface area contributed by atoms with Crippen molar-refractivity contribution in [1.82, 2.24) is 0 Å². The average molecular weight is 471 g/mol. The molecule has 0 saturated heterocycles. The monoisotopic (exact) mass is 471 g/mol. The summed E-state index contributed by atoms with van der Waals surface area (Å²) in [6.07, 6.45) is -5.61. The van der Waals surface area contributed by atoms with E-state index >= 15 is 0 Å². The number of carboxylic acid groups (broad SMARTS) is 1. The molecule has 3 aromatic carbocycles. The topological polar surface area (TPSA) is 88.8 Å². The molecule has 6 nitrogen and oxygen atoms in total. The van der Waals surface area contributed by atoms with Gasteiger partial charge in [-0.2, -0.15) is 18.4 Å². The standard InChI is InChI=1S/C25H20F3NO5/c1-32-21-11-6-18(13-23(24(30)31)34-20-9-4-16(14-29)5-10-20)12-22(21)33-15-17-2-7-19(8-3-17)25(26,27)28/h2-12,23H,13,15H2,1H3,(H,30,31). The van der Waals surface area contributed by atoms with Gasteiger partial charge < -0.3 is 19.3 Å². The van der Waals surface area contributed by atoms with Crippen molar-refractivity contribution in [2.45, 2.75) is 25.3 Å². The van der Waals surface area contributed by atoms with Gasteiger partial charge >= 0.3 is 12.1 Å². The van der Waals surface area contributed by atoms with Gasteiger partial charge in [0.25, 0.3) is 0 Å². The van der Waals surface area contributed by atoms with Crippen LogP contribution in [0.3, 0.4) is 0 Å². The summed E-state index contributed by atoms with van der Waals surface area (Å²) in [7, 11) is 1.44. The summed E-state index contributed by atoms with van der Waals surface area (Å²) in [5.41, 5.74) is 0.777. The second-order valence-corrected chi connectivity index (χ2v) is 7.25. The summed E-state index contributed by atoms with van der Waals surface area (Å²) in [5.74, 6) is -0.177. The largest absolute Gasteiger partial charge is 0.493 e. The number of benzene rings is 3. The molecule has 0 bridgehead atoms. The minimum Gasteiger partial charge on any atom is -0.493 e. The fourth-order valence-corrected chi connectivity index (χ4v) is 3.08. The lowest BCUT2D eigenvalue weighted by molar-refractivity contribution is -0.145. The maximum Gasteiger partial charge on any atom is 0.416 e. The number of hydrogen-bond donors (Lipinski definition) is 1. The van der Waals surface area contributed by atoms with Gasteiger partial charge in [-0.25, -0.2) is 4.79 Å². The molecule has 1 N–H and O–H groups in total. The number of nitrogens with zero attached hydrogens (tertiary/aromatic N) is 1. The Labute approximate surface area is 193 Å². The molecule has 0 fully saturated rings. The second-order valence-electron chi connectivity index (χ2n) is 7.25. The Morgan fingerprint density at radius 3 is 2.21 bits per heavy atom. The number of carbonyl (C=O) groups is 1. The minimum absolute atomic E-state index is 0.00989. The number of nitriles is 1. The molecule has 0 amide bonds. The highest BCUT2D eigenvalue weighted by Gasteiger charge is 2.30. The van der Waals surface area contributed by atoms with Crippen LogP contribution in [0.15, 0.2) is 66.7 Å². The maximum absolute atomic E-state index is 12.7. The van der Waals surface area contributed by atoms with Gasteiger partial charge in [0, 0.05) is 6.42 Å². The third-order valence-electron chi connectivity index (χ3n) is 4.86. The van der Waals surface area contributed by atoms with Crippen LogP contribution in [0.4, 0.5) is 13.2 Å². The summed E-state index contributed by atoms with van der Waals surface area (Å²) in [4.78, 5) is 11.7. The molecule has 0 aliphatic heterocycles. The predicted octanol–water partition coefficient (Wildman–Crippen LogP) is 5.24. The smallest absolute Gasteiger partial charge is 0.416 e. The molecular formula is C25H20F3NO5. The van der Waals surface area contributed by atoms with Gasteiger partial charge in [-0.3, -0.25) is 0 Å². The normalized spacial score (nSPS) is 11.9. The molecule has 34 heavy (non-hydrogen) atoms. The fourth-order valence-electron chi connectivity index (χ4n) is 3.08. The summed E-state index contributed by atoms with van der Waals surface area (Å²) in [6.45, 7) is -0.0119. The van der Waals surface area contributed by atoms with E-state index in [4.69, 9.17) is 19.5 Å². The molecular weight excluding hydrogens is 451 g/mol. The van der Waals surface area contributed by atoms with Gasteiger partial charge in [0.05, 0.1) is 24.3 Å². The van der Waals surface area contributed by atoms with Crippen LogP contribution in [0.5, 0.6) is 17.2 Å². The number of aliphatic carboxylic acids is 1. The van der Waals surface area contributed by atoms with Crippen molar-refractivity contribution in [2.75, 3.05) is 7.11 Å². The molecule has 0 radical (unpaired) electrons. The van der Waals surface area contributed by atoms with E-state index in [1.165, 1.54) is 43.5 Å². The van der Waals surface area contributed by atoms with Crippen LogP contribution >= 0.6 is 0 Å². The zero-order valence-electron chi connectivity index (χ0n) is 18.0. The molecule has 9 heteroatoms. The van der Waals surface area contributed by atoms with E-state index in [9.17, 15) is 23.1 Å². The zero-order chi connectivity index (χ0) is 24.7. The Balaban J connectivity index is 1.72. The Hall–Kier alpha value is -4.19. The first-order chi connectivity index (χ1) is 16.2. The Kier molecular flexibility index (Phi) is 7.64. The lowest BCUT2D eigenvalue weighted by Gasteiger charge is -2.17. The van der Waals surface area contributed by atoms with Crippen LogP contribution in [0, 0.1) is 11.3 Å². The highest BCUT2D eigenvalue weighted by Crippen LogP contribution is 2.31. The van der Waals surface area contributed by atoms with Gasteiger partial charge in [-0.15, -0.1) is 0 Å². The molecule has 0 spiro atoms. The van der Waals surface area contributed by atoms with Gasteiger partial charge in [-0.1, -0.05) is 18.2 Å². The van der Waals surface area contributed by atoms with Crippen molar-refractivity contribution >= 4 is 5.97 Å². The molecule has 0 aliphatic rings. The Bertz CT molecular complexity index is 1170. The molecule has 1 atom stereocenters. The number of ether oxygens (including phenoxy) is 3. The highest BCUT2D eigenvalue weighted by atomic mass is 19.4. The Morgan fingerprint density at radius 2 is 1.65 bits per heavy atom. The van der Waals surface area contributed by atoms with E-state index in [-0.39, 0.29) is 13.0 Å². The molecule has 0 aromatic heterocycles. The van der Waals surface area contributed by atoms with Crippen LogP contribution in [-0.2, 0) is 24.0 Å². The summed E-state index contributed by atoms with van der Waals surface area (Å²) in [5, 5.41) is 18.5. The molecule has 176 valence electrons. The molecule has 0 heterocycles. The van der Waals surface area contributed by atoms with E-state index in [0.717, 1.165) is 12.1 Å². The number of halogens is 3. The first-order valence-corrected chi connectivity index (χ1v) is 10.0. The van der Waals surface area contributed by atoms with Crippen molar-refractivity contribution in [3.63, 3.8) is 0 Å². The van der Waals surface area contributed by atoms with E-state index in [0.29, 0.717) is 33.9 Å². The average Bonchev–Trinajstić information content (AvgIpc) is 2.82. The van der Waals surface area contributed by atoms with E-state index < -0.39 is 23.8 Å². The molecule has 0 aliphatic carbocycles. The Morgan fingerprint density at radius 1 is 1.00 bits per heavy atom. The number of alkyl halides is 3. The number of hydrogen-bond acceptors (Lipinski definition) is 5. The fraction of sp³-hybridized carbons (Fsp3) is 0.200. The van der Waals surface area contributed by atoms with Gasteiger partial charge in [0.15, 0.2) is 17.6 Å². The molecule has 3 aromatic rings. The number of methoxy groups -OCH3 is 1. The lowest BCUT2D eigenvalue weighted by atomic mass is 10.1. The van der Waals surface area contributed by atoms with Crippen molar-refractivity contribution in [3.8, 4) is 23.3 Å². The third kappa shape index (κ3) is 6.42. The van der Waals surface area contributed by atoms with Crippen LogP contribution in [-0.4, -0.2) is 24.3 Å². The molecule has 0 saturated carbocycles. The van der Waals surface area contributed by atoms with Gasteiger partial charge in [0.2, 0.25) is 0 Å². The van der Waals surface area contributed by atoms with Crippen LogP contribution in [0.2, 0.25) is 0 Å². The van der Waals surface area contributed by atoms with Crippen molar-refractivity contribution in [1.29, 1.82) is 5.26 Å². The zero-order valence-corrected chi connectivity index (χ0v) is 18.0. The lowest BCUT2D eigenvalue weighted by Crippen LogP contribution is -2.29. The first-order valence-electron chi connectivity index (χ1n) is 10.0. The maximum atomic E-state index is 12.7. The van der Waals surface area contributed by atoms with Crippen molar-refractivity contribution < 1.29 is 37.3 Å². The SMILES string of the molecule is COc1ccc(CC(Oc2ccc(C#N)cc2)C(=O)O)cc1OCc1ccc(C(F)(F)F)cc1. The van der Waals surface area contributed by atoms with Crippen LogP contribution in [0.1, 0.15) is 22.3 Å². The van der Waals surface area contributed by atoms with E-state index in [2.05, 4.69) is 0 Å². The van der Waals surface area contributed by atoms with E-state index in [1.807, 2.05) is 6.07 Å². The highest BCUT2D eigenvalue weighted by molar-refractivity contribution is 5.73. The van der Waals surface area contributed by atoms with Crippen molar-refractivity contribution in [2.24, 2.45) is 0 Å². The van der Waals surface area contributed by atoms with Crippen LogP contribution in [0.25, 0.3) is 0 Å². The van der Waals surface area contributed by atoms with Crippen LogP contribution < -0.4 is 14.2 Å². The summed E-state index contributed by atoms with van der Waals surface area (Å²) in [6, 6.07) is 17.5. The van der Waals surface area contributed by atoms with Gasteiger partial charge in [0.1, 0.15) is 12.4 Å². The molecule has 1 unspecified atom stereocenters. The third-order valence-corrected chi connectivity index (χ3v) is 4.86.